The number of nitrogens with zero attached hydrogens (tertiary/aromatic N) is 3. The van der Waals surface area contributed by atoms with Gasteiger partial charge in [0.2, 0.25) is 0 Å². The molecule has 1 aliphatic rings. The third-order valence-corrected chi connectivity index (χ3v) is 3.22. The predicted octanol–water partition coefficient (Wildman–Crippen LogP) is 1.87. The summed E-state index contributed by atoms with van der Waals surface area (Å²) in [5, 5.41) is 3.30. The highest BCUT2D eigenvalue weighted by atomic mass is 127. The van der Waals surface area contributed by atoms with Crippen molar-refractivity contribution in [1.29, 1.82) is 0 Å². The molecule has 0 unspecified atom stereocenters. The minimum absolute atomic E-state index is 0. The van der Waals surface area contributed by atoms with E-state index in [1.165, 1.54) is 32.1 Å². The molecule has 3 N–H and O–H groups in total. The van der Waals surface area contributed by atoms with E-state index in [9.17, 15) is 0 Å². The molecule has 19 heavy (non-hydrogen) atoms. The van der Waals surface area contributed by atoms with Crippen LogP contribution in [0, 0.1) is 0 Å². The van der Waals surface area contributed by atoms with Crippen molar-refractivity contribution in [3.8, 4) is 0 Å². The fourth-order valence-corrected chi connectivity index (χ4v) is 2.25. The van der Waals surface area contributed by atoms with Gasteiger partial charge in [-0.25, -0.2) is 0 Å². The van der Waals surface area contributed by atoms with E-state index in [0.717, 1.165) is 12.1 Å². The summed E-state index contributed by atoms with van der Waals surface area (Å²) in [6.07, 6.45) is 12.3. The predicted molar refractivity (Wildman–Crippen MR) is 87.6 cm³/mol. The van der Waals surface area contributed by atoms with Crippen LogP contribution in [0.25, 0.3) is 0 Å². The van der Waals surface area contributed by atoms with Gasteiger partial charge >= 0.3 is 0 Å². The molecule has 0 spiro atoms. The lowest BCUT2D eigenvalue weighted by Crippen LogP contribution is -2.41. The highest BCUT2D eigenvalue weighted by Gasteiger charge is 2.12. The summed E-state index contributed by atoms with van der Waals surface area (Å²) in [5.74, 6) is 0.561. The Labute approximate surface area is 131 Å². The summed E-state index contributed by atoms with van der Waals surface area (Å²) < 4.78 is 0. The number of nitrogens with two attached hydrogens (primary N) is 1. The highest BCUT2D eigenvalue weighted by molar-refractivity contribution is 14.0. The van der Waals surface area contributed by atoms with Gasteiger partial charge in [-0.2, -0.15) is 0 Å². The van der Waals surface area contributed by atoms with Crippen LogP contribution in [0.3, 0.4) is 0 Å². The van der Waals surface area contributed by atoms with E-state index in [-0.39, 0.29) is 24.0 Å². The lowest BCUT2D eigenvalue weighted by atomic mass is 9.96. The van der Waals surface area contributed by atoms with E-state index in [4.69, 9.17) is 5.73 Å². The second-order valence-corrected chi connectivity index (χ2v) is 4.69. The number of aromatic nitrogens is 2. The Kier molecular flexibility index (Phi) is 7.69. The SMILES string of the molecule is I.NC(=NCCc1cnccn1)NC1CCCCC1. The Balaban J connectivity index is 0.00000180. The molecule has 1 fully saturated rings. The number of rotatable bonds is 4. The molecule has 0 bridgehead atoms. The second-order valence-electron chi connectivity index (χ2n) is 4.69. The molecule has 1 saturated carbocycles. The quantitative estimate of drug-likeness (QED) is 0.479. The Morgan fingerprint density at radius 2 is 2.11 bits per heavy atom. The third kappa shape index (κ3) is 6.17. The van der Waals surface area contributed by atoms with E-state index >= 15 is 0 Å². The first-order chi connectivity index (χ1) is 8.84. The van der Waals surface area contributed by atoms with Gasteiger partial charge in [-0.05, 0) is 12.8 Å². The largest absolute Gasteiger partial charge is 0.370 e. The minimum Gasteiger partial charge on any atom is -0.370 e. The zero-order valence-corrected chi connectivity index (χ0v) is 13.4. The standard InChI is InChI=1S/C13H21N5.HI/c14-13(18-11-4-2-1-3-5-11)17-7-6-12-10-15-8-9-16-12;/h8-11H,1-7H2,(H3,14,17,18);1H. The maximum Gasteiger partial charge on any atom is 0.188 e. The van der Waals surface area contributed by atoms with Crippen LogP contribution < -0.4 is 11.1 Å². The van der Waals surface area contributed by atoms with Crippen LogP contribution in [-0.4, -0.2) is 28.5 Å². The molecule has 1 aliphatic carbocycles. The molecule has 0 aliphatic heterocycles. The Bertz CT molecular complexity index is 376. The maximum absolute atomic E-state index is 5.87. The molecule has 106 valence electrons. The average molecular weight is 375 g/mol. The van der Waals surface area contributed by atoms with Crippen LogP contribution in [0.5, 0.6) is 0 Å². The molecule has 1 aromatic rings. The molecule has 6 heteroatoms. The van der Waals surface area contributed by atoms with Gasteiger partial charge < -0.3 is 11.1 Å². The second kappa shape index (κ2) is 9.06. The van der Waals surface area contributed by atoms with Gasteiger partial charge in [-0.1, -0.05) is 19.3 Å². The maximum atomic E-state index is 5.87. The summed E-state index contributed by atoms with van der Waals surface area (Å²) in [6, 6.07) is 0.513. The first-order valence-electron chi connectivity index (χ1n) is 6.66. The monoisotopic (exact) mass is 375 g/mol. The Morgan fingerprint density at radius 3 is 2.79 bits per heavy atom. The Morgan fingerprint density at radius 1 is 1.32 bits per heavy atom. The fraction of sp³-hybridized carbons (Fsp3) is 0.615. The van der Waals surface area contributed by atoms with Crippen LogP contribution in [0.15, 0.2) is 23.6 Å². The minimum atomic E-state index is 0. The number of aliphatic imine (C=N–C) groups is 1. The van der Waals surface area contributed by atoms with Gasteiger partial charge in [-0.3, -0.25) is 15.0 Å². The molecule has 5 nitrogen and oxygen atoms in total. The van der Waals surface area contributed by atoms with Crippen molar-refractivity contribution in [2.24, 2.45) is 10.7 Å². The highest BCUT2D eigenvalue weighted by Crippen LogP contribution is 2.16. The molecule has 0 amide bonds. The van der Waals surface area contributed by atoms with Crippen molar-refractivity contribution in [3.63, 3.8) is 0 Å². The van der Waals surface area contributed by atoms with Crippen LogP contribution in [0.2, 0.25) is 0 Å². The third-order valence-electron chi connectivity index (χ3n) is 3.22. The Hall–Kier alpha value is -0.920. The van der Waals surface area contributed by atoms with Gasteiger partial charge in [-0.15, -0.1) is 24.0 Å². The number of nitrogens with one attached hydrogen (secondary N) is 1. The van der Waals surface area contributed by atoms with Crippen LogP contribution in [0.4, 0.5) is 0 Å². The van der Waals surface area contributed by atoms with Gasteiger partial charge in [0.25, 0.3) is 0 Å². The lowest BCUT2D eigenvalue weighted by molar-refractivity contribution is 0.412. The summed E-state index contributed by atoms with van der Waals surface area (Å²) in [5.41, 5.74) is 6.82. The molecule has 2 rings (SSSR count). The fourth-order valence-electron chi connectivity index (χ4n) is 2.25. The smallest absolute Gasteiger partial charge is 0.188 e. The van der Waals surface area contributed by atoms with Crippen molar-refractivity contribution in [2.45, 2.75) is 44.6 Å². The van der Waals surface area contributed by atoms with E-state index in [2.05, 4.69) is 20.3 Å². The van der Waals surface area contributed by atoms with Gasteiger partial charge in [0.15, 0.2) is 5.96 Å². The van der Waals surface area contributed by atoms with Gasteiger partial charge in [0, 0.05) is 37.6 Å². The summed E-state index contributed by atoms with van der Waals surface area (Å²) in [6.45, 7) is 0.657. The molecule has 1 aromatic heterocycles. The molecular formula is C13H22IN5. The molecule has 0 atom stereocenters. The molecule has 0 saturated heterocycles. The first kappa shape index (κ1) is 16.1. The number of halogens is 1. The summed E-state index contributed by atoms with van der Waals surface area (Å²) in [7, 11) is 0. The molecule has 0 aromatic carbocycles. The van der Waals surface area contributed by atoms with E-state index in [0.29, 0.717) is 18.5 Å². The van der Waals surface area contributed by atoms with Gasteiger partial charge in [0.05, 0.1) is 5.69 Å². The van der Waals surface area contributed by atoms with E-state index in [1.807, 2.05) is 0 Å². The van der Waals surface area contributed by atoms with Crippen LogP contribution in [0.1, 0.15) is 37.8 Å². The zero-order chi connectivity index (χ0) is 12.6. The van der Waals surface area contributed by atoms with Crippen molar-refractivity contribution < 1.29 is 0 Å². The molecular weight excluding hydrogens is 353 g/mol. The summed E-state index contributed by atoms with van der Waals surface area (Å²) in [4.78, 5) is 12.5. The zero-order valence-electron chi connectivity index (χ0n) is 11.1. The molecule has 1 heterocycles. The average Bonchev–Trinajstić information content (AvgIpc) is 2.41. The van der Waals surface area contributed by atoms with Crippen molar-refractivity contribution in [1.82, 2.24) is 15.3 Å². The topological polar surface area (TPSA) is 76.2 Å². The normalized spacial score (nSPS) is 16.7. The van der Waals surface area contributed by atoms with E-state index in [1.54, 1.807) is 18.6 Å². The van der Waals surface area contributed by atoms with Crippen LogP contribution >= 0.6 is 24.0 Å². The first-order valence-corrected chi connectivity index (χ1v) is 6.66. The summed E-state index contributed by atoms with van der Waals surface area (Å²) >= 11 is 0. The number of guanidine groups is 1. The lowest BCUT2D eigenvalue weighted by Gasteiger charge is -2.23. The van der Waals surface area contributed by atoms with Crippen LogP contribution in [-0.2, 0) is 6.42 Å². The number of hydrogen-bond donors (Lipinski definition) is 2. The number of hydrogen-bond acceptors (Lipinski definition) is 3. The van der Waals surface area contributed by atoms with Crippen molar-refractivity contribution in [2.75, 3.05) is 6.54 Å². The van der Waals surface area contributed by atoms with Crippen molar-refractivity contribution >= 4 is 29.9 Å². The molecule has 0 radical (unpaired) electrons. The van der Waals surface area contributed by atoms with Gasteiger partial charge in [0.1, 0.15) is 0 Å². The van der Waals surface area contributed by atoms with Crippen molar-refractivity contribution in [3.05, 3.63) is 24.3 Å². The van der Waals surface area contributed by atoms with E-state index < -0.39 is 0 Å².